The molecule has 18 heavy (non-hydrogen) atoms. The molecule has 3 rings (SSSR count). The summed E-state index contributed by atoms with van der Waals surface area (Å²) in [4.78, 5) is 16.2. The van der Waals surface area contributed by atoms with Crippen molar-refractivity contribution in [2.45, 2.75) is 13.0 Å². The highest BCUT2D eigenvalue weighted by molar-refractivity contribution is 5.74. The second kappa shape index (κ2) is 4.55. The third kappa shape index (κ3) is 2.08. The predicted octanol–water partition coefficient (Wildman–Crippen LogP) is 0.927. The van der Waals surface area contributed by atoms with Gasteiger partial charge in [0, 0.05) is 0 Å². The predicted molar refractivity (Wildman–Crippen MR) is 62.2 cm³/mol. The van der Waals surface area contributed by atoms with Gasteiger partial charge in [0.25, 0.3) is 5.89 Å². The molecule has 0 radical (unpaired) electrons. The summed E-state index contributed by atoms with van der Waals surface area (Å²) in [6.07, 6.45) is 0.475. The minimum atomic E-state index is 0.104. The van der Waals surface area contributed by atoms with E-state index in [1.54, 1.807) is 0 Å². The molecule has 0 saturated carbocycles. The van der Waals surface area contributed by atoms with Crippen LogP contribution in [0.5, 0.6) is 0 Å². The molecule has 0 fully saturated rings. The molecule has 0 aliphatic rings. The van der Waals surface area contributed by atoms with E-state index in [0.717, 1.165) is 16.9 Å². The standard InChI is InChI=1S/C11H11N5O2/c12-17-6-11-15-10(16-18-11)5-9-13-7-3-1-2-4-8(7)14-9/h1-4H,5-6,12H2,(H,13,14). The van der Waals surface area contributed by atoms with E-state index < -0.39 is 0 Å². The summed E-state index contributed by atoms with van der Waals surface area (Å²) >= 11 is 0. The van der Waals surface area contributed by atoms with Gasteiger partial charge in [-0.05, 0) is 12.1 Å². The molecule has 7 heteroatoms. The topological polar surface area (TPSA) is 103 Å². The van der Waals surface area contributed by atoms with Gasteiger partial charge in [-0.3, -0.25) is 4.84 Å². The van der Waals surface area contributed by atoms with E-state index in [-0.39, 0.29) is 6.61 Å². The average molecular weight is 245 g/mol. The van der Waals surface area contributed by atoms with Gasteiger partial charge in [0.05, 0.1) is 17.5 Å². The van der Waals surface area contributed by atoms with E-state index in [2.05, 4.69) is 24.9 Å². The van der Waals surface area contributed by atoms with Crippen LogP contribution in [0, 0.1) is 0 Å². The second-order valence-electron chi connectivity index (χ2n) is 3.79. The Morgan fingerprint density at radius 1 is 1.28 bits per heavy atom. The molecule has 3 N–H and O–H groups in total. The number of aromatic amines is 1. The Morgan fingerprint density at radius 2 is 2.17 bits per heavy atom. The van der Waals surface area contributed by atoms with E-state index in [1.165, 1.54) is 0 Å². The molecular weight excluding hydrogens is 234 g/mol. The maximum Gasteiger partial charge on any atom is 0.254 e. The van der Waals surface area contributed by atoms with Crippen LogP contribution in [0.3, 0.4) is 0 Å². The zero-order valence-corrected chi connectivity index (χ0v) is 9.46. The van der Waals surface area contributed by atoms with Crippen molar-refractivity contribution in [3.8, 4) is 0 Å². The van der Waals surface area contributed by atoms with Crippen molar-refractivity contribution in [3.05, 3.63) is 41.8 Å². The fourth-order valence-corrected chi connectivity index (χ4v) is 1.73. The highest BCUT2D eigenvalue weighted by Crippen LogP contribution is 2.12. The summed E-state index contributed by atoms with van der Waals surface area (Å²) in [7, 11) is 0. The van der Waals surface area contributed by atoms with Crippen molar-refractivity contribution >= 4 is 11.0 Å². The zero-order chi connectivity index (χ0) is 12.4. The molecule has 0 bridgehead atoms. The summed E-state index contributed by atoms with van der Waals surface area (Å²) in [6.45, 7) is 0.104. The second-order valence-corrected chi connectivity index (χ2v) is 3.79. The molecule has 2 aromatic heterocycles. The maximum atomic E-state index is 4.94. The van der Waals surface area contributed by atoms with Crippen LogP contribution in [0.4, 0.5) is 0 Å². The summed E-state index contributed by atoms with van der Waals surface area (Å²) in [5.41, 5.74) is 1.91. The number of nitrogens with two attached hydrogens (primary N) is 1. The first-order valence-corrected chi connectivity index (χ1v) is 5.42. The first-order valence-electron chi connectivity index (χ1n) is 5.42. The van der Waals surface area contributed by atoms with Gasteiger partial charge in [0.2, 0.25) is 0 Å². The van der Waals surface area contributed by atoms with E-state index in [4.69, 9.17) is 10.4 Å². The quantitative estimate of drug-likeness (QED) is 0.663. The number of nitrogens with one attached hydrogen (secondary N) is 1. The summed E-state index contributed by atoms with van der Waals surface area (Å²) in [5, 5.41) is 3.82. The van der Waals surface area contributed by atoms with Gasteiger partial charge in [0.1, 0.15) is 12.4 Å². The Hall–Kier alpha value is -2.25. The SMILES string of the molecule is NOCc1nc(Cc2nc3ccccc3[nH]2)no1. The lowest BCUT2D eigenvalue weighted by Gasteiger charge is -1.88. The van der Waals surface area contributed by atoms with E-state index in [0.29, 0.717) is 18.1 Å². The minimum absolute atomic E-state index is 0.104. The Kier molecular flexibility index (Phi) is 2.75. The van der Waals surface area contributed by atoms with Gasteiger partial charge < -0.3 is 9.51 Å². The van der Waals surface area contributed by atoms with Crippen molar-refractivity contribution in [3.63, 3.8) is 0 Å². The number of H-pyrrole nitrogens is 1. The monoisotopic (exact) mass is 245 g/mol. The lowest BCUT2D eigenvalue weighted by Crippen LogP contribution is -1.99. The average Bonchev–Trinajstić information content (AvgIpc) is 2.96. The van der Waals surface area contributed by atoms with Gasteiger partial charge >= 0.3 is 0 Å². The van der Waals surface area contributed by atoms with Crippen LogP contribution in [-0.4, -0.2) is 20.1 Å². The third-order valence-electron chi connectivity index (χ3n) is 2.48. The van der Waals surface area contributed by atoms with Crippen molar-refractivity contribution in [2.24, 2.45) is 5.90 Å². The van der Waals surface area contributed by atoms with Crippen LogP contribution in [0.1, 0.15) is 17.5 Å². The normalized spacial score (nSPS) is 11.2. The highest BCUT2D eigenvalue weighted by atomic mass is 16.6. The molecule has 2 heterocycles. The molecule has 92 valence electrons. The molecule has 7 nitrogen and oxygen atoms in total. The first kappa shape index (κ1) is 10.9. The van der Waals surface area contributed by atoms with Crippen LogP contribution < -0.4 is 5.90 Å². The molecule has 0 amide bonds. The van der Waals surface area contributed by atoms with Gasteiger partial charge in [0.15, 0.2) is 5.82 Å². The first-order chi connectivity index (χ1) is 8.85. The number of imidazole rings is 1. The number of benzene rings is 1. The number of hydrogen-bond donors (Lipinski definition) is 2. The lowest BCUT2D eigenvalue weighted by molar-refractivity contribution is 0.0995. The fraction of sp³-hybridized carbons (Fsp3) is 0.182. The molecule has 0 unspecified atom stereocenters. The molecule has 0 aliphatic heterocycles. The van der Waals surface area contributed by atoms with Crippen LogP contribution in [0.15, 0.2) is 28.8 Å². The number of nitrogens with zero attached hydrogens (tertiary/aromatic N) is 3. The van der Waals surface area contributed by atoms with E-state index in [9.17, 15) is 0 Å². The largest absolute Gasteiger partial charge is 0.342 e. The van der Waals surface area contributed by atoms with Gasteiger partial charge in [-0.1, -0.05) is 17.3 Å². The van der Waals surface area contributed by atoms with E-state index in [1.807, 2.05) is 24.3 Å². The van der Waals surface area contributed by atoms with Gasteiger partial charge in [-0.15, -0.1) is 0 Å². The Bertz CT molecular complexity index is 627. The third-order valence-corrected chi connectivity index (χ3v) is 2.48. The number of aromatic nitrogens is 4. The van der Waals surface area contributed by atoms with E-state index >= 15 is 0 Å². The van der Waals surface area contributed by atoms with Gasteiger partial charge in [-0.2, -0.15) is 4.98 Å². The molecular formula is C11H11N5O2. The summed E-state index contributed by atoms with van der Waals surface area (Å²) < 4.78 is 4.94. The van der Waals surface area contributed by atoms with Crippen LogP contribution >= 0.6 is 0 Å². The highest BCUT2D eigenvalue weighted by Gasteiger charge is 2.09. The van der Waals surface area contributed by atoms with Crippen LogP contribution in [0.2, 0.25) is 0 Å². The Balaban J connectivity index is 1.82. The lowest BCUT2D eigenvalue weighted by atomic mass is 10.3. The number of hydrogen-bond acceptors (Lipinski definition) is 6. The minimum Gasteiger partial charge on any atom is -0.342 e. The van der Waals surface area contributed by atoms with Crippen molar-refractivity contribution < 1.29 is 9.36 Å². The molecule has 0 spiro atoms. The summed E-state index contributed by atoms with van der Waals surface area (Å²) in [5.74, 6) is 6.61. The van der Waals surface area contributed by atoms with Crippen LogP contribution in [-0.2, 0) is 17.9 Å². The number of rotatable bonds is 4. The fourth-order valence-electron chi connectivity index (χ4n) is 1.73. The van der Waals surface area contributed by atoms with Gasteiger partial charge in [-0.25, -0.2) is 10.9 Å². The number of fused-ring (bicyclic) bond motifs is 1. The Morgan fingerprint density at radius 3 is 3.00 bits per heavy atom. The number of para-hydroxylation sites is 2. The van der Waals surface area contributed by atoms with Crippen LogP contribution in [0.25, 0.3) is 11.0 Å². The van der Waals surface area contributed by atoms with Crippen molar-refractivity contribution in [1.29, 1.82) is 0 Å². The molecule has 3 aromatic rings. The van der Waals surface area contributed by atoms with Crippen molar-refractivity contribution in [1.82, 2.24) is 20.1 Å². The molecule has 1 aromatic carbocycles. The summed E-state index contributed by atoms with van der Waals surface area (Å²) in [6, 6.07) is 7.81. The zero-order valence-electron chi connectivity index (χ0n) is 9.46. The molecule has 0 saturated heterocycles. The van der Waals surface area contributed by atoms with Crippen molar-refractivity contribution in [2.75, 3.05) is 0 Å². The molecule has 0 aliphatic carbocycles. The smallest absolute Gasteiger partial charge is 0.254 e. The Labute approximate surface area is 102 Å². The maximum absolute atomic E-state index is 4.94. The molecule has 0 atom stereocenters.